The average Bonchev–Trinajstić information content (AvgIpc) is 2.80. The molecule has 0 radical (unpaired) electrons. The second-order valence-electron chi connectivity index (χ2n) is 8.10. The molecule has 0 saturated heterocycles. The van der Waals surface area contributed by atoms with Crippen LogP contribution < -0.4 is 0 Å². The summed E-state index contributed by atoms with van der Waals surface area (Å²) in [5, 5.41) is 18.9. The SMILES string of the molecule is O=C(O)c1ccc([S+]([O-])Cc2ccc3ccc(CCCCCCCCCO)cc3n2)cc1. The van der Waals surface area contributed by atoms with Crippen LogP contribution in [0.15, 0.2) is 59.5 Å². The lowest BCUT2D eigenvalue weighted by molar-refractivity contribution is 0.0696. The summed E-state index contributed by atoms with van der Waals surface area (Å²) in [5.74, 6) is -0.699. The van der Waals surface area contributed by atoms with E-state index in [1.54, 1.807) is 12.1 Å². The van der Waals surface area contributed by atoms with Crippen LogP contribution in [-0.4, -0.2) is 32.3 Å². The Morgan fingerprint density at radius 1 is 0.875 bits per heavy atom. The Labute approximate surface area is 192 Å². The summed E-state index contributed by atoms with van der Waals surface area (Å²) in [5.41, 5.74) is 3.14. The highest BCUT2D eigenvalue weighted by Crippen LogP contribution is 2.21. The molecule has 0 aliphatic heterocycles. The number of unbranched alkanes of at least 4 members (excludes halogenated alkanes) is 6. The summed E-state index contributed by atoms with van der Waals surface area (Å²) < 4.78 is 12.7. The molecule has 0 fully saturated rings. The van der Waals surface area contributed by atoms with E-state index in [0.717, 1.165) is 42.3 Å². The van der Waals surface area contributed by atoms with E-state index < -0.39 is 17.1 Å². The van der Waals surface area contributed by atoms with Crippen molar-refractivity contribution in [3.05, 3.63) is 71.4 Å². The number of aryl methyl sites for hydroxylation is 1. The van der Waals surface area contributed by atoms with Crippen LogP contribution in [0.25, 0.3) is 10.9 Å². The van der Waals surface area contributed by atoms with E-state index in [0.29, 0.717) is 17.3 Å². The van der Waals surface area contributed by atoms with Gasteiger partial charge in [-0.25, -0.2) is 9.78 Å². The maximum Gasteiger partial charge on any atom is 0.335 e. The Hall–Kier alpha value is -2.41. The fourth-order valence-electron chi connectivity index (χ4n) is 3.73. The van der Waals surface area contributed by atoms with Gasteiger partial charge in [-0.15, -0.1) is 0 Å². The monoisotopic (exact) mass is 453 g/mol. The Balaban J connectivity index is 1.54. The van der Waals surface area contributed by atoms with Gasteiger partial charge in [0.25, 0.3) is 0 Å². The number of hydrogen-bond donors (Lipinski definition) is 2. The van der Waals surface area contributed by atoms with Gasteiger partial charge in [-0.05, 0) is 72.4 Å². The third-order valence-corrected chi connectivity index (χ3v) is 6.94. The zero-order valence-electron chi connectivity index (χ0n) is 18.3. The highest BCUT2D eigenvalue weighted by molar-refractivity contribution is 7.90. The van der Waals surface area contributed by atoms with Gasteiger partial charge in [0, 0.05) is 12.0 Å². The minimum atomic E-state index is -1.28. The van der Waals surface area contributed by atoms with E-state index >= 15 is 0 Å². The Kier molecular flexibility index (Phi) is 9.53. The van der Waals surface area contributed by atoms with Gasteiger partial charge in [-0.3, -0.25) is 0 Å². The molecular weight excluding hydrogens is 422 g/mol. The third kappa shape index (κ3) is 7.33. The number of aliphatic hydroxyl groups excluding tert-OH is 1. The summed E-state index contributed by atoms with van der Waals surface area (Å²) in [7, 11) is 0. The molecular formula is C26H31NO4S. The number of hydrogen-bond acceptors (Lipinski definition) is 4. The molecule has 3 rings (SSSR count). The summed E-state index contributed by atoms with van der Waals surface area (Å²) in [6.07, 6.45) is 9.10. The molecule has 1 atom stereocenters. The van der Waals surface area contributed by atoms with Gasteiger partial charge in [0.05, 0.1) is 16.8 Å². The fraction of sp³-hybridized carbons (Fsp3) is 0.385. The Morgan fingerprint density at radius 2 is 1.53 bits per heavy atom. The molecule has 6 heteroatoms. The van der Waals surface area contributed by atoms with Crippen molar-refractivity contribution >= 4 is 28.0 Å². The quantitative estimate of drug-likeness (QED) is 0.263. The average molecular weight is 454 g/mol. The van der Waals surface area contributed by atoms with Gasteiger partial charge in [0.15, 0.2) is 10.6 Å². The second kappa shape index (κ2) is 12.6. The first-order chi connectivity index (χ1) is 15.6. The highest BCUT2D eigenvalue weighted by atomic mass is 32.2. The molecule has 2 N–H and O–H groups in total. The van der Waals surface area contributed by atoms with Gasteiger partial charge in [-0.1, -0.05) is 50.3 Å². The first-order valence-electron chi connectivity index (χ1n) is 11.3. The molecule has 32 heavy (non-hydrogen) atoms. The number of carbonyl (C=O) groups is 1. The fourth-order valence-corrected chi connectivity index (χ4v) is 4.77. The molecule has 5 nitrogen and oxygen atoms in total. The number of carboxylic acids is 1. The van der Waals surface area contributed by atoms with E-state index in [-0.39, 0.29) is 5.56 Å². The zero-order chi connectivity index (χ0) is 22.8. The molecule has 0 bridgehead atoms. The number of pyridine rings is 1. The van der Waals surface area contributed by atoms with Crippen molar-refractivity contribution in [3.8, 4) is 0 Å². The number of aromatic nitrogens is 1. The van der Waals surface area contributed by atoms with Crippen LogP contribution in [-0.2, 0) is 23.3 Å². The number of benzene rings is 2. The summed E-state index contributed by atoms with van der Waals surface area (Å²) >= 11 is -1.28. The smallest absolute Gasteiger partial charge is 0.335 e. The van der Waals surface area contributed by atoms with Crippen molar-refractivity contribution in [2.45, 2.75) is 62.0 Å². The van der Waals surface area contributed by atoms with Gasteiger partial charge < -0.3 is 14.8 Å². The number of rotatable bonds is 13. The van der Waals surface area contributed by atoms with Crippen LogP contribution in [0.3, 0.4) is 0 Å². The van der Waals surface area contributed by atoms with E-state index in [2.05, 4.69) is 18.2 Å². The van der Waals surface area contributed by atoms with Crippen molar-refractivity contribution in [1.82, 2.24) is 4.98 Å². The molecule has 1 heterocycles. The minimum absolute atomic E-state index is 0.184. The van der Waals surface area contributed by atoms with Gasteiger partial charge in [-0.2, -0.15) is 0 Å². The largest absolute Gasteiger partial charge is 0.611 e. The molecule has 0 aliphatic carbocycles. The van der Waals surface area contributed by atoms with Crippen LogP contribution in [0.5, 0.6) is 0 Å². The van der Waals surface area contributed by atoms with Crippen molar-refractivity contribution in [2.75, 3.05) is 6.61 Å². The number of nitrogens with zero attached hydrogens (tertiary/aromatic N) is 1. The van der Waals surface area contributed by atoms with Crippen LogP contribution >= 0.6 is 0 Å². The van der Waals surface area contributed by atoms with E-state index in [9.17, 15) is 9.35 Å². The number of carboxylic acid groups (broad SMARTS) is 1. The molecule has 0 amide bonds. The molecule has 1 unspecified atom stereocenters. The minimum Gasteiger partial charge on any atom is -0.611 e. The van der Waals surface area contributed by atoms with Crippen LogP contribution in [0, 0.1) is 0 Å². The van der Waals surface area contributed by atoms with E-state index in [1.807, 2.05) is 12.1 Å². The first kappa shape index (κ1) is 24.2. The number of aromatic carboxylic acids is 1. The van der Waals surface area contributed by atoms with Crippen molar-refractivity contribution < 1.29 is 19.6 Å². The van der Waals surface area contributed by atoms with Crippen molar-refractivity contribution in [2.24, 2.45) is 0 Å². The van der Waals surface area contributed by atoms with Gasteiger partial charge >= 0.3 is 5.97 Å². The van der Waals surface area contributed by atoms with Gasteiger partial charge in [0.1, 0.15) is 0 Å². The molecule has 2 aromatic carbocycles. The normalized spacial score (nSPS) is 12.2. The van der Waals surface area contributed by atoms with E-state index in [1.165, 1.54) is 43.4 Å². The van der Waals surface area contributed by atoms with Gasteiger partial charge in [0.2, 0.25) is 0 Å². The standard InChI is InChI=1S/C26H31NO4S/c28-17-7-5-3-1-2-4-6-8-20-9-10-21-11-14-23(27-25(21)18-20)19-32(31)24-15-12-22(13-16-24)26(29)30/h9-16,18,28H,1-8,17,19H2,(H,29,30). The first-order valence-corrected chi connectivity index (χ1v) is 12.6. The lowest BCUT2D eigenvalue weighted by Crippen LogP contribution is -2.07. The summed E-state index contributed by atoms with van der Waals surface area (Å²) in [6.45, 7) is 0.299. The molecule has 3 aromatic rings. The van der Waals surface area contributed by atoms with Crippen LogP contribution in [0.2, 0.25) is 0 Å². The lowest BCUT2D eigenvalue weighted by atomic mass is 10.0. The second-order valence-corrected chi connectivity index (χ2v) is 9.55. The number of aliphatic hydroxyl groups is 1. The maximum absolute atomic E-state index is 12.7. The van der Waals surface area contributed by atoms with Crippen LogP contribution in [0.4, 0.5) is 0 Å². The lowest BCUT2D eigenvalue weighted by Gasteiger charge is -2.11. The predicted molar refractivity (Wildman–Crippen MR) is 128 cm³/mol. The molecule has 0 spiro atoms. The Bertz CT molecular complexity index is 1010. The molecule has 0 saturated carbocycles. The summed E-state index contributed by atoms with van der Waals surface area (Å²) in [4.78, 5) is 16.3. The molecule has 170 valence electrons. The van der Waals surface area contributed by atoms with Crippen molar-refractivity contribution in [3.63, 3.8) is 0 Å². The zero-order valence-corrected chi connectivity index (χ0v) is 19.2. The maximum atomic E-state index is 12.7. The van der Waals surface area contributed by atoms with Crippen molar-refractivity contribution in [1.29, 1.82) is 0 Å². The third-order valence-electron chi connectivity index (χ3n) is 5.58. The highest BCUT2D eigenvalue weighted by Gasteiger charge is 2.14. The Morgan fingerprint density at radius 3 is 2.22 bits per heavy atom. The predicted octanol–water partition coefficient (Wildman–Crippen LogP) is 5.51. The molecule has 1 aromatic heterocycles. The summed E-state index contributed by atoms with van der Waals surface area (Å²) in [6, 6.07) is 16.5. The molecule has 0 aliphatic rings. The van der Waals surface area contributed by atoms with E-state index in [4.69, 9.17) is 15.2 Å². The number of fused-ring (bicyclic) bond motifs is 1. The topological polar surface area (TPSA) is 93.5 Å². The van der Waals surface area contributed by atoms with Crippen LogP contribution in [0.1, 0.15) is 66.6 Å².